The Morgan fingerprint density at radius 1 is 1.15 bits per heavy atom. The fourth-order valence-electron chi connectivity index (χ4n) is 4.06. The van der Waals surface area contributed by atoms with Gasteiger partial charge >= 0.3 is 0 Å². The Kier molecular flexibility index (Phi) is 5.09. The molecule has 6 nitrogen and oxygen atoms in total. The lowest BCUT2D eigenvalue weighted by atomic mass is 9.96. The highest BCUT2D eigenvalue weighted by atomic mass is 32.1. The SMILES string of the molecule is Cc1ccc(C(=O)N2CCC(c3nnc(CN4CCCC4)n3C)CC2)s1. The number of thiophene rings is 1. The van der Waals surface area contributed by atoms with Crippen LogP contribution in [0.15, 0.2) is 12.1 Å². The molecular formula is C19H27N5OS. The summed E-state index contributed by atoms with van der Waals surface area (Å²) in [4.78, 5) is 19.1. The van der Waals surface area contributed by atoms with Gasteiger partial charge in [-0.1, -0.05) is 0 Å². The van der Waals surface area contributed by atoms with Gasteiger partial charge in [0.25, 0.3) is 5.91 Å². The molecule has 2 aromatic heterocycles. The maximum atomic E-state index is 12.6. The standard InChI is InChI=1S/C19H27N5OS/c1-14-5-6-16(26-14)19(25)24-11-7-15(8-12-24)18-21-20-17(22(18)2)13-23-9-3-4-10-23/h5-6,15H,3-4,7-13H2,1-2H3. The average Bonchev–Trinajstić information content (AvgIpc) is 3.38. The molecule has 0 aromatic carbocycles. The van der Waals surface area contributed by atoms with Gasteiger partial charge in [-0.3, -0.25) is 9.69 Å². The summed E-state index contributed by atoms with van der Waals surface area (Å²) in [7, 11) is 2.09. The quantitative estimate of drug-likeness (QED) is 0.827. The summed E-state index contributed by atoms with van der Waals surface area (Å²) in [5.41, 5.74) is 0. The Morgan fingerprint density at radius 3 is 2.54 bits per heavy atom. The zero-order valence-corrected chi connectivity index (χ0v) is 16.5. The summed E-state index contributed by atoms with van der Waals surface area (Å²) in [6.45, 7) is 6.89. The molecule has 7 heteroatoms. The molecule has 0 unspecified atom stereocenters. The lowest BCUT2D eigenvalue weighted by Crippen LogP contribution is -2.38. The first-order valence-corrected chi connectivity index (χ1v) is 10.4. The van der Waals surface area contributed by atoms with Crippen LogP contribution in [0.4, 0.5) is 0 Å². The average molecular weight is 374 g/mol. The van der Waals surface area contributed by atoms with Crippen molar-refractivity contribution < 1.29 is 4.79 Å². The van der Waals surface area contributed by atoms with E-state index in [1.54, 1.807) is 11.3 Å². The van der Waals surface area contributed by atoms with Gasteiger partial charge in [0.1, 0.15) is 11.6 Å². The van der Waals surface area contributed by atoms with Crippen molar-refractivity contribution in [3.8, 4) is 0 Å². The molecule has 0 atom stereocenters. The minimum Gasteiger partial charge on any atom is -0.338 e. The van der Waals surface area contributed by atoms with Crippen molar-refractivity contribution in [1.29, 1.82) is 0 Å². The van der Waals surface area contributed by atoms with Crippen LogP contribution < -0.4 is 0 Å². The molecule has 26 heavy (non-hydrogen) atoms. The summed E-state index contributed by atoms with van der Waals surface area (Å²) in [5.74, 6) is 2.72. The molecule has 1 amide bonds. The maximum Gasteiger partial charge on any atom is 0.263 e. The van der Waals surface area contributed by atoms with Gasteiger partial charge in [0.05, 0.1) is 11.4 Å². The molecule has 0 radical (unpaired) electrons. The number of amides is 1. The largest absolute Gasteiger partial charge is 0.338 e. The summed E-state index contributed by atoms with van der Waals surface area (Å²) in [6, 6.07) is 3.97. The monoisotopic (exact) mass is 373 g/mol. The topological polar surface area (TPSA) is 54.3 Å². The molecule has 2 aromatic rings. The summed E-state index contributed by atoms with van der Waals surface area (Å²) >= 11 is 1.59. The minimum atomic E-state index is 0.175. The summed E-state index contributed by atoms with van der Waals surface area (Å²) in [5, 5.41) is 8.95. The lowest BCUT2D eigenvalue weighted by molar-refractivity contribution is 0.0715. The molecule has 0 saturated carbocycles. The fraction of sp³-hybridized carbons (Fsp3) is 0.632. The van der Waals surface area contributed by atoms with E-state index in [1.807, 2.05) is 24.0 Å². The third-order valence-electron chi connectivity index (χ3n) is 5.66. The van der Waals surface area contributed by atoms with Gasteiger partial charge < -0.3 is 9.47 Å². The zero-order valence-electron chi connectivity index (χ0n) is 15.6. The predicted octanol–water partition coefficient (Wildman–Crippen LogP) is 2.80. The Hall–Kier alpha value is -1.73. The van der Waals surface area contributed by atoms with Crippen LogP contribution in [0.5, 0.6) is 0 Å². The molecule has 0 spiro atoms. The molecule has 140 valence electrons. The van der Waals surface area contributed by atoms with Gasteiger partial charge in [-0.15, -0.1) is 21.5 Å². The van der Waals surface area contributed by atoms with E-state index in [-0.39, 0.29) is 5.91 Å². The first-order chi connectivity index (χ1) is 12.6. The van der Waals surface area contributed by atoms with Crippen molar-refractivity contribution in [2.24, 2.45) is 7.05 Å². The van der Waals surface area contributed by atoms with E-state index in [4.69, 9.17) is 0 Å². The Morgan fingerprint density at radius 2 is 1.88 bits per heavy atom. The first kappa shape index (κ1) is 17.7. The smallest absolute Gasteiger partial charge is 0.263 e. The molecular weight excluding hydrogens is 346 g/mol. The van der Waals surface area contributed by atoms with Crippen molar-refractivity contribution in [3.63, 3.8) is 0 Å². The summed E-state index contributed by atoms with van der Waals surface area (Å²) in [6.07, 6.45) is 4.51. The highest BCUT2D eigenvalue weighted by Gasteiger charge is 2.28. The Bertz CT molecular complexity index is 769. The van der Waals surface area contributed by atoms with Crippen molar-refractivity contribution in [3.05, 3.63) is 33.5 Å². The number of nitrogens with zero attached hydrogens (tertiary/aromatic N) is 5. The van der Waals surface area contributed by atoms with Crippen LogP contribution in [-0.2, 0) is 13.6 Å². The third-order valence-corrected chi connectivity index (χ3v) is 6.65. The van der Waals surface area contributed by atoms with Crippen LogP contribution in [0, 0.1) is 6.92 Å². The number of carbonyl (C=O) groups excluding carboxylic acids is 1. The summed E-state index contributed by atoms with van der Waals surface area (Å²) < 4.78 is 2.18. The normalized spacial score (nSPS) is 19.4. The second kappa shape index (κ2) is 7.48. The second-order valence-electron chi connectivity index (χ2n) is 7.49. The molecule has 4 heterocycles. The van der Waals surface area contributed by atoms with Gasteiger partial charge in [0.15, 0.2) is 0 Å². The number of hydrogen-bond acceptors (Lipinski definition) is 5. The minimum absolute atomic E-state index is 0.175. The van der Waals surface area contributed by atoms with Crippen LogP contribution in [-0.4, -0.2) is 56.7 Å². The number of carbonyl (C=O) groups is 1. The number of piperidine rings is 1. The molecule has 4 rings (SSSR count). The maximum absolute atomic E-state index is 12.6. The zero-order chi connectivity index (χ0) is 18.1. The first-order valence-electron chi connectivity index (χ1n) is 9.58. The third kappa shape index (κ3) is 3.55. The van der Waals surface area contributed by atoms with Crippen LogP contribution in [0.1, 0.15) is 57.8 Å². The highest BCUT2D eigenvalue weighted by molar-refractivity contribution is 7.13. The van der Waals surface area contributed by atoms with E-state index in [9.17, 15) is 4.79 Å². The van der Waals surface area contributed by atoms with E-state index < -0.39 is 0 Å². The molecule has 0 bridgehead atoms. The van der Waals surface area contributed by atoms with Gasteiger partial charge in [-0.2, -0.15) is 0 Å². The van der Waals surface area contributed by atoms with E-state index in [0.29, 0.717) is 5.92 Å². The van der Waals surface area contributed by atoms with Crippen molar-refractivity contribution in [2.45, 2.75) is 45.1 Å². The molecule has 0 aliphatic carbocycles. The molecule has 2 saturated heterocycles. The van der Waals surface area contributed by atoms with Gasteiger partial charge in [0, 0.05) is 30.9 Å². The predicted molar refractivity (Wildman–Crippen MR) is 102 cm³/mol. The van der Waals surface area contributed by atoms with Crippen LogP contribution >= 0.6 is 11.3 Å². The number of likely N-dealkylation sites (tertiary alicyclic amines) is 2. The number of aryl methyl sites for hydroxylation is 1. The van der Waals surface area contributed by atoms with Crippen LogP contribution in [0.25, 0.3) is 0 Å². The van der Waals surface area contributed by atoms with Gasteiger partial charge in [-0.25, -0.2) is 0 Å². The highest BCUT2D eigenvalue weighted by Crippen LogP contribution is 2.29. The molecule has 2 aliphatic heterocycles. The van der Waals surface area contributed by atoms with Crippen LogP contribution in [0.2, 0.25) is 0 Å². The van der Waals surface area contributed by atoms with Crippen molar-refractivity contribution >= 4 is 17.2 Å². The van der Waals surface area contributed by atoms with Gasteiger partial charge in [-0.05, 0) is 57.8 Å². The van der Waals surface area contributed by atoms with Gasteiger partial charge in [0.2, 0.25) is 0 Å². The molecule has 2 aliphatic rings. The van der Waals surface area contributed by atoms with E-state index in [2.05, 4.69) is 26.7 Å². The second-order valence-corrected chi connectivity index (χ2v) is 8.78. The van der Waals surface area contributed by atoms with E-state index >= 15 is 0 Å². The fourth-order valence-corrected chi connectivity index (χ4v) is 4.89. The van der Waals surface area contributed by atoms with E-state index in [1.165, 1.54) is 30.8 Å². The van der Waals surface area contributed by atoms with Crippen molar-refractivity contribution in [2.75, 3.05) is 26.2 Å². The lowest BCUT2D eigenvalue weighted by Gasteiger charge is -2.31. The molecule has 0 N–H and O–H groups in total. The van der Waals surface area contributed by atoms with Crippen molar-refractivity contribution in [1.82, 2.24) is 24.6 Å². The number of rotatable bonds is 4. The van der Waals surface area contributed by atoms with Crippen LogP contribution in [0.3, 0.4) is 0 Å². The molecule has 2 fully saturated rings. The Balaban J connectivity index is 1.37. The number of aromatic nitrogens is 3. The Labute approximate surface area is 158 Å². The van der Waals surface area contributed by atoms with E-state index in [0.717, 1.165) is 49.0 Å². The number of hydrogen-bond donors (Lipinski definition) is 0.